The van der Waals surface area contributed by atoms with E-state index in [4.69, 9.17) is 11.6 Å². The van der Waals surface area contributed by atoms with Gasteiger partial charge in [0.15, 0.2) is 0 Å². The second-order valence-corrected chi connectivity index (χ2v) is 7.84. The molecule has 0 radical (unpaired) electrons. The van der Waals surface area contributed by atoms with Crippen molar-refractivity contribution in [2.75, 3.05) is 18.4 Å². The summed E-state index contributed by atoms with van der Waals surface area (Å²) in [6, 6.07) is 13.3. The van der Waals surface area contributed by atoms with Gasteiger partial charge in [0, 0.05) is 23.8 Å². The van der Waals surface area contributed by atoms with E-state index in [9.17, 15) is 13.2 Å². The standard InChI is InChI=1S/C18H21ClN2O3S/c1-3-21(4-2)25(23,24)17-11-9-16(10-12-17)20-18(22)13-14-5-7-15(19)8-6-14/h5-12H,3-4,13H2,1-2H3,(H,20,22). The van der Waals surface area contributed by atoms with Crippen LogP contribution in [0.3, 0.4) is 0 Å². The van der Waals surface area contributed by atoms with Crippen LogP contribution in [0.15, 0.2) is 53.4 Å². The lowest BCUT2D eigenvalue weighted by atomic mass is 10.1. The van der Waals surface area contributed by atoms with E-state index in [1.54, 1.807) is 50.2 Å². The van der Waals surface area contributed by atoms with Crippen molar-refractivity contribution in [2.45, 2.75) is 25.2 Å². The number of hydrogen-bond acceptors (Lipinski definition) is 3. The fourth-order valence-electron chi connectivity index (χ4n) is 2.42. The second kappa shape index (κ2) is 8.47. The molecule has 0 unspecified atom stereocenters. The number of carbonyl (C=O) groups excluding carboxylic acids is 1. The number of nitrogens with zero attached hydrogens (tertiary/aromatic N) is 1. The van der Waals surface area contributed by atoms with Crippen LogP contribution in [0.25, 0.3) is 0 Å². The molecule has 5 nitrogen and oxygen atoms in total. The lowest BCUT2D eigenvalue weighted by Crippen LogP contribution is -2.30. The Morgan fingerprint density at radius 2 is 1.56 bits per heavy atom. The van der Waals surface area contributed by atoms with E-state index in [-0.39, 0.29) is 17.2 Å². The van der Waals surface area contributed by atoms with Gasteiger partial charge in [0.2, 0.25) is 15.9 Å². The summed E-state index contributed by atoms with van der Waals surface area (Å²) >= 11 is 5.82. The van der Waals surface area contributed by atoms with E-state index in [0.717, 1.165) is 5.56 Å². The van der Waals surface area contributed by atoms with Gasteiger partial charge in [0.1, 0.15) is 0 Å². The first-order valence-electron chi connectivity index (χ1n) is 8.01. The molecular weight excluding hydrogens is 360 g/mol. The Morgan fingerprint density at radius 1 is 1.00 bits per heavy atom. The maximum Gasteiger partial charge on any atom is 0.243 e. The molecule has 0 aliphatic carbocycles. The number of hydrogen-bond donors (Lipinski definition) is 1. The first-order valence-corrected chi connectivity index (χ1v) is 9.83. The van der Waals surface area contributed by atoms with Gasteiger partial charge >= 0.3 is 0 Å². The minimum absolute atomic E-state index is 0.179. The van der Waals surface area contributed by atoms with Gasteiger partial charge in [-0.2, -0.15) is 4.31 Å². The van der Waals surface area contributed by atoms with Crippen LogP contribution < -0.4 is 5.32 Å². The third kappa shape index (κ3) is 5.04. The molecule has 0 atom stereocenters. The SMILES string of the molecule is CCN(CC)S(=O)(=O)c1ccc(NC(=O)Cc2ccc(Cl)cc2)cc1. The zero-order valence-electron chi connectivity index (χ0n) is 14.2. The van der Waals surface area contributed by atoms with E-state index >= 15 is 0 Å². The Labute approximate surface area is 153 Å². The third-order valence-corrected chi connectivity index (χ3v) is 6.08. The molecule has 0 fully saturated rings. The van der Waals surface area contributed by atoms with Gasteiger partial charge in [-0.25, -0.2) is 8.42 Å². The highest BCUT2D eigenvalue weighted by Gasteiger charge is 2.21. The summed E-state index contributed by atoms with van der Waals surface area (Å²) in [5, 5.41) is 3.38. The van der Waals surface area contributed by atoms with Crippen LogP contribution in [-0.2, 0) is 21.2 Å². The molecule has 0 aliphatic rings. The molecule has 0 spiro atoms. The molecule has 134 valence electrons. The first-order chi connectivity index (χ1) is 11.9. The van der Waals surface area contributed by atoms with Gasteiger partial charge in [-0.15, -0.1) is 0 Å². The van der Waals surface area contributed by atoms with Crippen molar-refractivity contribution in [2.24, 2.45) is 0 Å². The van der Waals surface area contributed by atoms with E-state index in [2.05, 4.69) is 5.32 Å². The number of benzene rings is 2. The number of carbonyl (C=O) groups is 1. The molecule has 0 aromatic heterocycles. The fraction of sp³-hybridized carbons (Fsp3) is 0.278. The van der Waals surface area contributed by atoms with E-state index in [0.29, 0.717) is 23.8 Å². The third-order valence-electron chi connectivity index (χ3n) is 3.76. The maximum atomic E-state index is 12.4. The van der Waals surface area contributed by atoms with E-state index < -0.39 is 10.0 Å². The Balaban J connectivity index is 2.05. The lowest BCUT2D eigenvalue weighted by molar-refractivity contribution is -0.115. The largest absolute Gasteiger partial charge is 0.326 e. The molecule has 0 saturated heterocycles. The minimum atomic E-state index is -3.49. The number of nitrogens with one attached hydrogen (secondary N) is 1. The highest BCUT2D eigenvalue weighted by atomic mass is 35.5. The number of halogens is 1. The van der Waals surface area contributed by atoms with Crippen molar-refractivity contribution in [1.82, 2.24) is 4.31 Å². The second-order valence-electron chi connectivity index (χ2n) is 5.47. The topological polar surface area (TPSA) is 66.5 Å². The van der Waals surface area contributed by atoms with Crippen molar-refractivity contribution in [3.63, 3.8) is 0 Å². The average Bonchev–Trinajstić information content (AvgIpc) is 2.58. The van der Waals surface area contributed by atoms with Crippen molar-refractivity contribution < 1.29 is 13.2 Å². The van der Waals surface area contributed by atoms with Gasteiger partial charge in [0.05, 0.1) is 11.3 Å². The molecule has 1 N–H and O–H groups in total. The highest BCUT2D eigenvalue weighted by molar-refractivity contribution is 7.89. The predicted octanol–water partition coefficient (Wildman–Crippen LogP) is 3.55. The van der Waals surface area contributed by atoms with Crippen LogP contribution in [0.4, 0.5) is 5.69 Å². The summed E-state index contributed by atoms with van der Waals surface area (Å²) in [4.78, 5) is 12.3. The summed E-state index contributed by atoms with van der Waals surface area (Å²) in [6.45, 7) is 4.43. The van der Waals surface area contributed by atoms with E-state index in [1.165, 1.54) is 16.4 Å². The van der Waals surface area contributed by atoms with Crippen LogP contribution in [0.5, 0.6) is 0 Å². The summed E-state index contributed by atoms with van der Waals surface area (Å²) in [7, 11) is -3.49. The summed E-state index contributed by atoms with van der Waals surface area (Å²) in [5.74, 6) is -0.179. The Hall–Kier alpha value is -1.89. The molecule has 25 heavy (non-hydrogen) atoms. The number of anilines is 1. The monoisotopic (exact) mass is 380 g/mol. The fourth-order valence-corrected chi connectivity index (χ4v) is 4.00. The normalized spacial score (nSPS) is 11.5. The molecule has 7 heteroatoms. The average molecular weight is 381 g/mol. The number of amides is 1. The molecule has 2 rings (SSSR count). The molecule has 2 aromatic rings. The van der Waals surface area contributed by atoms with Gasteiger partial charge in [-0.05, 0) is 42.0 Å². The Morgan fingerprint density at radius 3 is 2.08 bits per heavy atom. The maximum absolute atomic E-state index is 12.4. The van der Waals surface area contributed by atoms with Crippen molar-refractivity contribution in [1.29, 1.82) is 0 Å². The van der Waals surface area contributed by atoms with Crippen LogP contribution in [0.1, 0.15) is 19.4 Å². The van der Waals surface area contributed by atoms with Gasteiger partial charge in [-0.3, -0.25) is 4.79 Å². The smallest absolute Gasteiger partial charge is 0.243 e. The Kier molecular flexibility index (Phi) is 6.58. The first kappa shape index (κ1) is 19.4. The molecule has 0 heterocycles. The van der Waals surface area contributed by atoms with Gasteiger partial charge in [0.25, 0.3) is 0 Å². The van der Waals surface area contributed by atoms with Crippen LogP contribution in [0.2, 0.25) is 5.02 Å². The number of rotatable bonds is 7. The van der Waals surface area contributed by atoms with Crippen molar-refractivity contribution in [3.05, 3.63) is 59.1 Å². The zero-order valence-corrected chi connectivity index (χ0v) is 15.8. The zero-order chi connectivity index (χ0) is 18.4. The minimum Gasteiger partial charge on any atom is -0.326 e. The highest BCUT2D eigenvalue weighted by Crippen LogP contribution is 2.18. The van der Waals surface area contributed by atoms with Crippen molar-refractivity contribution in [3.8, 4) is 0 Å². The van der Waals surface area contributed by atoms with Gasteiger partial charge in [-0.1, -0.05) is 37.6 Å². The van der Waals surface area contributed by atoms with E-state index in [1.807, 2.05) is 0 Å². The summed E-state index contributed by atoms with van der Waals surface area (Å²) in [5.41, 5.74) is 1.40. The van der Waals surface area contributed by atoms with Crippen molar-refractivity contribution >= 4 is 33.2 Å². The molecule has 0 aliphatic heterocycles. The van der Waals surface area contributed by atoms with Gasteiger partial charge < -0.3 is 5.32 Å². The molecule has 0 saturated carbocycles. The van der Waals surface area contributed by atoms with Crippen LogP contribution >= 0.6 is 11.6 Å². The molecule has 2 aromatic carbocycles. The quantitative estimate of drug-likeness (QED) is 0.798. The summed E-state index contributed by atoms with van der Waals surface area (Å²) in [6.07, 6.45) is 0.219. The lowest BCUT2D eigenvalue weighted by Gasteiger charge is -2.18. The molecule has 0 bridgehead atoms. The summed E-state index contributed by atoms with van der Waals surface area (Å²) < 4.78 is 26.2. The molecule has 1 amide bonds. The number of sulfonamides is 1. The Bertz CT molecular complexity index is 814. The van der Waals surface area contributed by atoms with Crippen LogP contribution in [-0.4, -0.2) is 31.7 Å². The molecular formula is C18H21ClN2O3S. The predicted molar refractivity (Wildman–Crippen MR) is 100 cm³/mol. The van der Waals surface area contributed by atoms with Crippen LogP contribution in [0, 0.1) is 0 Å².